The van der Waals surface area contributed by atoms with Gasteiger partial charge in [0.1, 0.15) is 5.75 Å². The number of carbonyl (C=O) groups excluding carboxylic acids is 1. The SMILES string of the molecule is COc1ccc([P-]C(=O)c2c(C)cc(C)cc2C)c(C)c1.[Li+]. The zero-order valence-corrected chi connectivity index (χ0v) is 15.0. The van der Waals surface area contributed by atoms with E-state index in [-0.39, 0.29) is 24.4 Å². The van der Waals surface area contributed by atoms with Crippen LogP contribution in [0.5, 0.6) is 5.75 Å². The first-order valence-electron chi connectivity index (χ1n) is 6.91. The van der Waals surface area contributed by atoms with Gasteiger partial charge in [0.25, 0.3) is 0 Å². The van der Waals surface area contributed by atoms with Crippen LogP contribution < -0.4 is 28.9 Å². The molecule has 4 heteroatoms. The third-order valence-electron chi connectivity index (χ3n) is 3.52. The Labute approximate surface area is 146 Å². The predicted octanol–water partition coefficient (Wildman–Crippen LogP) is 1.34. The van der Waals surface area contributed by atoms with E-state index in [1.54, 1.807) is 7.11 Å². The van der Waals surface area contributed by atoms with Gasteiger partial charge in [-0.15, -0.1) is 0 Å². The third-order valence-corrected chi connectivity index (χ3v) is 4.69. The average molecular weight is 306 g/mol. The molecule has 22 heavy (non-hydrogen) atoms. The van der Waals surface area contributed by atoms with E-state index in [1.165, 1.54) is 5.56 Å². The summed E-state index contributed by atoms with van der Waals surface area (Å²) in [5, 5.41) is 1.03. The number of ether oxygens (including phenoxy) is 1. The summed E-state index contributed by atoms with van der Waals surface area (Å²) >= 11 is 0. The molecule has 0 aliphatic carbocycles. The summed E-state index contributed by atoms with van der Waals surface area (Å²) in [5.41, 5.74) is 5.37. The van der Waals surface area contributed by atoms with Gasteiger partial charge >= 0.3 is 18.9 Å². The van der Waals surface area contributed by atoms with Crippen LogP contribution >= 0.6 is 8.58 Å². The molecule has 0 aliphatic heterocycles. The van der Waals surface area contributed by atoms with Gasteiger partial charge in [-0.3, -0.25) is 0 Å². The number of hydrogen-bond donors (Lipinski definition) is 0. The minimum Gasteiger partial charge on any atom is -0.497 e. The standard InChI is InChI=1S/C18H20O2P.Li/c1-11-8-13(3)17(14(4)9-11)18(19)21-16-7-6-15(20-5)10-12(16)2;/h6-10H,1-5H3;/q-1;+1. The topological polar surface area (TPSA) is 26.3 Å². The summed E-state index contributed by atoms with van der Waals surface area (Å²) in [5.74, 6) is 0.821. The molecule has 0 amide bonds. The fraction of sp³-hybridized carbons (Fsp3) is 0.278. The molecule has 2 aromatic carbocycles. The van der Waals surface area contributed by atoms with Crippen molar-refractivity contribution in [1.29, 1.82) is 0 Å². The van der Waals surface area contributed by atoms with E-state index in [0.717, 1.165) is 33.3 Å². The first-order chi connectivity index (χ1) is 9.92. The molecule has 0 heterocycles. The molecule has 2 aromatic rings. The molecule has 0 fully saturated rings. The first kappa shape index (κ1) is 19.0. The number of methoxy groups -OCH3 is 1. The molecule has 0 bridgehead atoms. The predicted molar refractivity (Wildman–Crippen MR) is 89.3 cm³/mol. The maximum absolute atomic E-state index is 12.6. The summed E-state index contributed by atoms with van der Waals surface area (Å²) in [6.07, 6.45) is 0. The summed E-state index contributed by atoms with van der Waals surface area (Å²) in [4.78, 5) is 12.6. The molecule has 2 nitrogen and oxygen atoms in total. The van der Waals surface area contributed by atoms with E-state index in [9.17, 15) is 4.79 Å². The van der Waals surface area contributed by atoms with Crippen molar-refractivity contribution in [3.63, 3.8) is 0 Å². The van der Waals surface area contributed by atoms with Crippen LogP contribution in [0, 0.1) is 27.7 Å². The molecule has 0 N–H and O–H groups in total. The van der Waals surface area contributed by atoms with Crippen LogP contribution in [-0.4, -0.2) is 12.6 Å². The van der Waals surface area contributed by atoms with Crippen molar-refractivity contribution in [2.45, 2.75) is 27.7 Å². The van der Waals surface area contributed by atoms with Crippen LogP contribution in [0.3, 0.4) is 0 Å². The van der Waals surface area contributed by atoms with Crippen molar-refractivity contribution >= 4 is 19.4 Å². The Kier molecular flexibility index (Phi) is 6.88. The second kappa shape index (κ2) is 7.98. The van der Waals surface area contributed by atoms with Gasteiger partial charge in [0.05, 0.1) is 7.11 Å². The van der Waals surface area contributed by atoms with Gasteiger partial charge in [-0.2, -0.15) is 5.30 Å². The van der Waals surface area contributed by atoms with Gasteiger partial charge in [-0.25, -0.2) is 0 Å². The molecule has 0 unspecified atom stereocenters. The number of carbonyl (C=O) groups is 1. The van der Waals surface area contributed by atoms with Crippen LogP contribution in [0.15, 0.2) is 30.3 Å². The van der Waals surface area contributed by atoms with Crippen molar-refractivity contribution in [2.75, 3.05) is 7.11 Å². The van der Waals surface area contributed by atoms with Crippen LogP contribution in [0.25, 0.3) is 0 Å². The third kappa shape index (κ3) is 4.23. The van der Waals surface area contributed by atoms with Gasteiger partial charge < -0.3 is 18.1 Å². The van der Waals surface area contributed by atoms with E-state index in [1.807, 2.05) is 39.0 Å². The Morgan fingerprint density at radius 2 is 1.55 bits per heavy atom. The zero-order valence-electron chi connectivity index (χ0n) is 14.2. The summed E-state index contributed by atoms with van der Waals surface area (Å²) in [6.45, 7) is 8.07. The summed E-state index contributed by atoms with van der Waals surface area (Å²) in [6, 6.07) is 9.96. The Bertz CT molecular complexity index is 672. The van der Waals surface area contributed by atoms with E-state index in [4.69, 9.17) is 4.74 Å². The van der Waals surface area contributed by atoms with Gasteiger partial charge in [-0.1, -0.05) is 29.3 Å². The number of rotatable bonds is 4. The molecule has 0 radical (unpaired) electrons. The van der Waals surface area contributed by atoms with Crippen molar-refractivity contribution in [3.8, 4) is 5.75 Å². The molecule has 0 saturated carbocycles. The molecule has 0 aliphatic rings. The largest absolute Gasteiger partial charge is 1.00 e. The fourth-order valence-electron chi connectivity index (χ4n) is 2.56. The molecular formula is C18H20LiO2P. The van der Waals surface area contributed by atoms with Crippen molar-refractivity contribution < 1.29 is 28.4 Å². The van der Waals surface area contributed by atoms with Crippen molar-refractivity contribution in [1.82, 2.24) is 0 Å². The fourth-order valence-corrected chi connectivity index (χ4v) is 3.64. The second-order valence-electron chi connectivity index (χ2n) is 5.34. The van der Waals surface area contributed by atoms with Crippen molar-refractivity contribution in [3.05, 3.63) is 58.1 Å². The van der Waals surface area contributed by atoms with Gasteiger partial charge in [0.2, 0.25) is 0 Å². The van der Waals surface area contributed by atoms with E-state index in [0.29, 0.717) is 8.58 Å². The van der Waals surface area contributed by atoms with Crippen LogP contribution in [0.4, 0.5) is 0 Å². The quantitative estimate of drug-likeness (QED) is 0.629. The van der Waals surface area contributed by atoms with Crippen molar-refractivity contribution in [2.24, 2.45) is 0 Å². The number of hydrogen-bond acceptors (Lipinski definition) is 2. The van der Waals surface area contributed by atoms with Crippen LogP contribution in [-0.2, 0) is 0 Å². The van der Waals surface area contributed by atoms with E-state index < -0.39 is 0 Å². The average Bonchev–Trinajstić information content (AvgIpc) is 2.39. The number of aryl methyl sites for hydroxylation is 4. The van der Waals surface area contributed by atoms with Crippen LogP contribution in [0.2, 0.25) is 0 Å². The Balaban J connectivity index is 0.00000242. The molecule has 0 saturated heterocycles. The van der Waals surface area contributed by atoms with E-state index >= 15 is 0 Å². The Morgan fingerprint density at radius 1 is 0.955 bits per heavy atom. The van der Waals surface area contributed by atoms with Gasteiger partial charge in [0.15, 0.2) is 0 Å². The summed E-state index contributed by atoms with van der Waals surface area (Å²) < 4.78 is 5.20. The monoisotopic (exact) mass is 306 g/mol. The zero-order chi connectivity index (χ0) is 15.6. The number of benzene rings is 2. The molecule has 110 valence electrons. The minimum absolute atomic E-state index is 0. The van der Waals surface area contributed by atoms with Crippen LogP contribution in [0.1, 0.15) is 32.6 Å². The second-order valence-corrected chi connectivity index (χ2v) is 6.45. The van der Waals surface area contributed by atoms with Gasteiger partial charge in [0, 0.05) is 5.52 Å². The minimum atomic E-state index is 0. The molecule has 2 rings (SSSR count). The maximum Gasteiger partial charge on any atom is 1.00 e. The molecular weight excluding hydrogens is 286 g/mol. The Hall–Kier alpha value is -1.06. The van der Waals surface area contributed by atoms with Gasteiger partial charge in [-0.05, 0) is 56.5 Å². The molecule has 0 spiro atoms. The van der Waals surface area contributed by atoms with E-state index in [2.05, 4.69) is 19.1 Å². The molecule has 0 aromatic heterocycles. The first-order valence-corrected chi connectivity index (χ1v) is 7.80. The summed E-state index contributed by atoms with van der Waals surface area (Å²) in [7, 11) is 2.36. The molecule has 0 atom stereocenters. The normalized spacial score (nSPS) is 10.6. The smallest absolute Gasteiger partial charge is 0.497 e. The maximum atomic E-state index is 12.6. The Morgan fingerprint density at radius 3 is 2.05 bits per heavy atom.